The van der Waals surface area contributed by atoms with Crippen molar-refractivity contribution in [3.63, 3.8) is 0 Å². The Morgan fingerprint density at radius 2 is 2.20 bits per heavy atom. The first kappa shape index (κ1) is 11.3. The zero-order valence-electron chi connectivity index (χ0n) is 8.95. The van der Waals surface area contributed by atoms with Crippen molar-refractivity contribution in [2.24, 2.45) is 0 Å². The Kier molecular flexibility index (Phi) is 4.40. The summed E-state index contributed by atoms with van der Waals surface area (Å²) in [7, 11) is 0. The summed E-state index contributed by atoms with van der Waals surface area (Å²) in [4.78, 5) is 1.96. The van der Waals surface area contributed by atoms with Crippen LogP contribution in [0.1, 0.15) is 18.7 Å². The molecule has 4 heteroatoms. The van der Waals surface area contributed by atoms with Gasteiger partial charge in [0.1, 0.15) is 0 Å². The van der Waals surface area contributed by atoms with Gasteiger partial charge in [-0.1, -0.05) is 11.8 Å². The maximum Gasteiger partial charge on any atom is 0.230 e. The van der Waals surface area contributed by atoms with E-state index in [0.717, 1.165) is 0 Å². The molecule has 78 valence electrons. The molecule has 0 spiro atoms. The van der Waals surface area contributed by atoms with Crippen molar-refractivity contribution < 1.29 is 4.42 Å². The molecule has 0 saturated carbocycles. The van der Waals surface area contributed by atoms with Crippen molar-refractivity contribution in [3.05, 3.63) is 11.8 Å². The van der Waals surface area contributed by atoms with E-state index in [9.17, 15) is 0 Å². The van der Waals surface area contributed by atoms with Crippen molar-refractivity contribution >= 4 is 0 Å². The van der Waals surface area contributed by atoms with Gasteiger partial charge in [-0.15, -0.1) is 22.5 Å². The normalized spacial score (nSPS) is 9.47. The van der Waals surface area contributed by atoms with Crippen molar-refractivity contribution in [1.82, 2.24) is 15.1 Å². The second-order valence-electron chi connectivity index (χ2n) is 2.99. The fourth-order valence-electron chi connectivity index (χ4n) is 1.08. The Morgan fingerprint density at radius 1 is 1.40 bits per heavy atom. The van der Waals surface area contributed by atoms with Gasteiger partial charge in [-0.2, -0.15) is 0 Å². The van der Waals surface area contributed by atoms with Gasteiger partial charge >= 0.3 is 0 Å². The van der Waals surface area contributed by atoms with Crippen LogP contribution in [0.5, 0.6) is 0 Å². The number of hydrogen-bond donors (Lipinski definition) is 0. The summed E-state index contributed by atoms with van der Waals surface area (Å²) >= 11 is 0. The third-order valence-corrected chi connectivity index (χ3v) is 1.72. The number of hydrogen-bond acceptors (Lipinski definition) is 4. The van der Waals surface area contributed by atoms with Crippen LogP contribution in [0.3, 0.4) is 0 Å². The largest absolute Gasteiger partial charge is 0.424 e. The Morgan fingerprint density at radius 3 is 2.73 bits per heavy atom. The fraction of sp³-hybridized carbons (Fsp3) is 0.455. The lowest BCUT2D eigenvalue weighted by Gasteiger charge is -2.13. The molecule has 1 aromatic rings. The van der Waals surface area contributed by atoms with Gasteiger partial charge in [-0.05, 0) is 6.92 Å². The van der Waals surface area contributed by atoms with Gasteiger partial charge in [-0.3, -0.25) is 4.90 Å². The summed E-state index contributed by atoms with van der Waals surface area (Å²) in [6, 6.07) is 0. The molecule has 0 radical (unpaired) electrons. The molecule has 0 aliphatic carbocycles. The first-order valence-corrected chi connectivity index (χ1v) is 4.60. The average molecular weight is 203 g/mol. The molecule has 0 fully saturated rings. The van der Waals surface area contributed by atoms with Gasteiger partial charge in [0.15, 0.2) is 0 Å². The topological polar surface area (TPSA) is 42.2 Å². The summed E-state index contributed by atoms with van der Waals surface area (Å²) in [5.74, 6) is 9.48. The minimum absolute atomic E-state index is 0.524. The summed E-state index contributed by atoms with van der Waals surface area (Å²) in [6.07, 6.45) is 5.25. The minimum atomic E-state index is 0.524. The molecule has 0 N–H and O–H groups in total. The van der Waals surface area contributed by atoms with Crippen LogP contribution in [0, 0.1) is 31.1 Å². The second-order valence-corrected chi connectivity index (χ2v) is 2.99. The van der Waals surface area contributed by atoms with Crippen LogP contribution in [0.2, 0.25) is 0 Å². The van der Waals surface area contributed by atoms with Crippen LogP contribution in [-0.2, 0) is 6.54 Å². The third kappa shape index (κ3) is 3.84. The standard InChI is InChI=1S/C11H13N3O/c1-4-6-8-14(7-5-2)9-11-13-12-10(3)15-11/h2H,7-9H2,1,3H3. The molecule has 0 saturated heterocycles. The zero-order chi connectivity index (χ0) is 11.1. The van der Waals surface area contributed by atoms with Crippen LogP contribution in [0.15, 0.2) is 4.42 Å². The first-order chi connectivity index (χ1) is 7.26. The molecule has 0 aromatic carbocycles. The van der Waals surface area contributed by atoms with E-state index in [1.807, 2.05) is 4.90 Å². The fourth-order valence-corrected chi connectivity index (χ4v) is 1.08. The van der Waals surface area contributed by atoms with E-state index in [4.69, 9.17) is 10.8 Å². The van der Waals surface area contributed by atoms with Crippen molar-refractivity contribution in [3.8, 4) is 24.2 Å². The van der Waals surface area contributed by atoms with Crippen molar-refractivity contribution in [2.45, 2.75) is 20.4 Å². The highest BCUT2D eigenvalue weighted by Crippen LogP contribution is 2.02. The van der Waals surface area contributed by atoms with E-state index >= 15 is 0 Å². The lowest BCUT2D eigenvalue weighted by Crippen LogP contribution is -2.24. The summed E-state index contributed by atoms with van der Waals surface area (Å²) in [6.45, 7) is 5.23. The van der Waals surface area contributed by atoms with Crippen LogP contribution in [0.25, 0.3) is 0 Å². The number of aromatic nitrogens is 2. The molecule has 4 nitrogen and oxygen atoms in total. The SMILES string of the molecule is C#CCN(CC#CC)Cc1nnc(C)o1. The Balaban J connectivity index is 2.57. The lowest BCUT2D eigenvalue weighted by molar-refractivity contribution is 0.292. The van der Waals surface area contributed by atoms with E-state index in [1.54, 1.807) is 13.8 Å². The van der Waals surface area contributed by atoms with E-state index in [1.165, 1.54) is 0 Å². The maximum atomic E-state index is 5.26. The van der Waals surface area contributed by atoms with Crippen molar-refractivity contribution in [1.29, 1.82) is 0 Å². The van der Waals surface area contributed by atoms with Crippen LogP contribution >= 0.6 is 0 Å². The Labute approximate surface area is 89.7 Å². The van der Waals surface area contributed by atoms with E-state index < -0.39 is 0 Å². The van der Waals surface area contributed by atoms with Gasteiger partial charge in [0, 0.05) is 6.92 Å². The second kappa shape index (κ2) is 5.85. The molecule has 1 rings (SSSR count). The molecule has 0 bridgehead atoms. The van der Waals surface area contributed by atoms with E-state index in [2.05, 4.69) is 28.0 Å². The van der Waals surface area contributed by atoms with Crippen LogP contribution in [0.4, 0.5) is 0 Å². The summed E-state index contributed by atoms with van der Waals surface area (Å²) in [5, 5.41) is 7.65. The van der Waals surface area contributed by atoms with Gasteiger partial charge in [0.05, 0.1) is 19.6 Å². The van der Waals surface area contributed by atoms with Crippen LogP contribution in [-0.4, -0.2) is 28.2 Å². The molecule has 0 aliphatic heterocycles. The predicted octanol–water partition coefficient (Wildman–Crippen LogP) is 0.837. The maximum absolute atomic E-state index is 5.26. The van der Waals surface area contributed by atoms with Crippen molar-refractivity contribution in [2.75, 3.05) is 13.1 Å². The summed E-state index contributed by atoms with van der Waals surface area (Å²) in [5.41, 5.74) is 0. The van der Waals surface area contributed by atoms with Gasteiger partial charge in [-0.25, -0.2) is 0 Å². The average Bonchev–Trinajstić information content (AvgIpc) is 2.61. The number of aryl methyl sites for hydroxylation is 1. The molecule has 0 unspecified atom stereocenters. The van der Waals surface area contributed by atoms with Crippen LogP contribution < -0.4 is 0 Å². The van der Waals surface area contributed by atoms with Gasteiger partial charge < -0.3 is 4.42 Å². The molecular weight excluding hydrogens is 190 g/mol. The highest BCUT2D eigenvalue weighted by Gasteiger charge is 2.08. The smallest absolute Gasteiger partial charge is 0.230 e. The van der Waals surface area contributed by atoms with Gasteiger partial charge in [0.2, 0.25) is 11.8 Å². The molecule has 0 aliphatic rings. The van der Waals surface area contributed by atoms with Gasteiger partial charge in [0.25, 0.3) is 0 Å². The molecule has 1 aromatic heterocycles. The number of terminal acetylenes is 1. The molecular formula is C11H13N3O. The monoisotopic (exact) mass is 203 g/mol. The number of nitrogens with zero attached hydrogens (tertiary/aromatic N) is 3. The minimum Gasteiger partial charge on any atom is -0.424 e. The molecule has 0 amide bonds. The predicted molar refractivity (Wildman–Crippen MR) is 56.6 cm³/mol. The molecule has 0 atom stereocenters. The van der Waals surface area contributed by atoms with E-state index in [0.29, 0.717) is 31.4 Å². The lowest BCUT2D eigenvalue weighted by atomic mass is 10.4. The van der Waals surface area contributed by atoms with E-state index in [-0.39, 0.29) is 0 Å². The molecule has 1 heterocycles. The third-order valence-electron chi connectivity index (χ3n) is 1.72. The number of rotatable bonds is 4. The highest BCUT2D eigenvalue weighted by atomic mass is 16.4. The Hall–Kier alpha value is -1.78. The zero-order valence-corrected chi connectivity index (χ0v) is 8.95. The quantitative estimate of drug-likeness (QED) is 0.680. The highest BCUT2D eigenvalue weighted by molar-refractivity contribution is 5.00. The molecule has 15 heavy (non-hydrogen) atoms. The first-order valence-electron chi connectivity index (χ1n) is 4.60. The summed E-state index contributed by atoms with van der Waals surface area (Å²) < 4.78 is 5.26. The Bertz CT molecular complexity index is 405.